The standard InChI is InChI=1S/C8H16INO/c1-5(2)7(11)8(9)10-6(3)4/h5-6,8,10H,1-4H3/t8-/m1/s1. The van der Waals surface area contributed by atoms with E-state index >= 15 is 0 Å². The summed E-state index contributed by atoms with van der Waals surface area (Å²) in [6, 6.07) is 0.375. The zero-order chi connectivity index (χ0) is 9.02. The average Bonchev–Trinajstić information content (AvgIpc) is 1.84. The first-order valence-electron chi connectivity index (χ1n) is 3.89. The highest BCUT2D eigenvalue weighted by molar-refractivity contribution is 14.1. The summed E-state index contributed by atoms with van der Waals surface area (Å²) in [7, 11) is 0. The molecule has 0 fully saturated rings. The molecule has 0 saturated heterocycles. The van der Waals surface area contributed by atoms with E-state index in [1.54, 1.807) is 0 Å². The molecular weight excluding hydrogens is 253 g/mol. The molecule has 0 aliphatic rings. The van der Waals surface area contributed by atoms with Gasteiger partial charge in [-0.05, 0) is 13.8 Å². The van der Waals surface area contributed by atoms with E-state index in [0.717, 1.165) is 0 Å². The van der Waals surface area contributed by atoms with Crippen LogP contribution in [-0.2, 0) is 4.79 Å². The van der Waals surface area contributed by atoms with Crippen molar-refractivity contribution >= 4 is 28.4 Å². The lowest BCUT2D eigenvalue weighted by molar-refractivity contribution is -0.121. The molecule has 0 aromatic heterocycles. The Morgan fingerprint density at radius 2 is 1.73 bits per heavy atom. The third-order valence-electron chi connectivity index (χ3n) is 1.30. The lowest BCUT2D eigenvalue weighted by atomic mass is 10.1. The van der Waals surface area contributed by atoms with Crippen LogP contribution in [0.15, 0.2) is 0 Å². The van der Waals surface area contributed by atoms with E-state index in [1.165, 1.54) is 0 Å². The van der Waals surface area contributed by atoms with E-state index in [2.05, 4.69) is 27.9 Å². The number of carbonyl (C=O) groups excluding carboxylic acids is 1. The Morgan fingerprint density at radius 1 is 1.27 bits per heavy atom. The molecular formula is C8H16INO. The maximum absolute atomic E-state index is 11.3. The monoisotopic (exact) mass is 269 g/mol. The highest BCUT2D eigenvalue weighted by Crippen LogP contribution is 2.06. The molecule has 1 atom stereocenters. The molecule has 0 amide bonds. The molecule has 0 aromatic carbocycles. The Hall–Kier alpha value is 0.360. The topological polar surface area (TPSA) is 29.1 Å². The fourth-order valence-corrected chi connectivity index (χ4v) is 2.11. The molecule has 0 aromatic rings. The van der Waals surface area contributed by atoms with Crippen LogP contribution in [0.3, 0.4) is 0 Å². The number of hydrogen-bond acceptors (Lipinski definition) is 2. The second kappa shape index (κ2) is 5.09. The number of ketones is 1. The molecule has 0 aliphatic heterocycles. The molecule has 0 heterocycles. The van der Waals surface area contributed by atoms with Crippen molar-refractivity contribution in [3.05, 3.63) is 0 Å². The Balaban J connectivity index is 3.83. The van der Waals surface area contributed by atoms with Gasteiger partial charge in [0, 0.05) is 12.0 Å². The first-order valence-corrected chi connectivity index (χ1v) is 5.13. The van der Waals surface area contributed by atoms with Crippen LogP contribution in [0.5, 0.6) is 0 Å². The second-order valence-corrected chi connectivity index (χ2v) is 4.49. The normalized spacial score (nSPS) is 14.1. The summed E-state index contributed by atoms with van der Waals surface area (Å²) >= 11 is 2.14. The first-order chi connectivity index (χ1) is 4.95. The van der Waals surface area contributed by atoms with E-state index in [1.807, 2.05) is 27.7 Å². The van der Waals surface area contributed by atoms with Crippen LogP contribution in [0.1, 0.15) is 27.7 Å². The van der Waals surface area contributed by atoms with Gasteiger partial charge < -0.3 is 0 Å². The van der Waals surface area contributed by atoms with Crippen LogP contribution in [-0.4, -0.2) is 15.9 Å². The minimum Gasteiger partial charge on any atom is -0.297 e. The van der Waals surface area contributed by atoms with Gasteiger partial charge in [-0.1, -0.05) is 36.4 Å². The molecule has 66 valence electrons. The summed E-state index contributed by atoms with van der Waals surface area (Å²) < 4.78 is -0.0346. The number of rotatable bonds is 4. The molecule has 0 saturated carbocycles. The number of hydrogen-bond donors (Lipinski definition) is 1. The van der Waals surface area contributed by atoms with Crippen LogP contribution in [0.25, 0.3) is 0 Å². The van der Waals surface area contributed by atoms with Gasteiger partial charge in [0.15, 0.2) is 5.78 Å². The van der Waals surface area contributed by atoms with Gasteiger partial charge in [-0.15, -0.1) is 0 Å². The number of nitrogens with one attached hydrogen (secondary N) is 1. The summed E-state index contributed by atoms with van der Waals surface area (Å²) in [6.07, 6.45) is 0. The Bertz CT molecular complexity index is 134. The van der Waals surface area contributed by atoms with Crippen LogP contribution in [0.4, 0.5) is 0 Å². The third-order valence-corrected chi connectivity index (χ3v) is 2.27. The summed E-state index contributed by atoms with van der Waals surface area (Å²) in [6.45, 7) is 7.94. The molecule has 2 nitrogen and oxygen atoms in total. The van der Waals surface area contributed by atoms with Crippen molar-refractivity contribution in [1.29, 1.82) is 0 Å². The predicted molar refractivity (Wildman–Crippen MR) is 55.9 cm³/mol. The van der Waals surface area contributed by atoms with Crippen molar-refractivity contribution < 1.29 is 4.79 Å². The van der Waals surface area contributed by atoms with Crippen LogP contribution in [0, 0.1) is 5.92 Å². The van der Waals surface area contributed by atoms with Crippen LogP contribution >= 0.6 is 22.6 Å². The molecule has 0 radical (unpaired) electrons. The third kappa shape index (κ3) is 4.74. The van der Waals surface area contributed by atoms with Gasteiger partial charge in [0.1, 0.15) is 4.05 Å². The van der Waals surface area contributed by atoms with Crippen LogP contribution in [0.2, 0.25) is 0 Å². The lowest BCUT2D eigenvalue weighted by Crippen LogP contribution is -2.38. The molecule has 1 N–H and O–H groups in total. The SMILES string of the molecule is CC(C)N[C@@H](I)C(=O)C(C)C. The molecule has 0 bridgehead atoms. The zero-order valence-electron chi connectivity index (χ0n) is 7.52. The Kier molecular flexibility index (Phi) is 5.25. The van der Waals surface area contributed by atoms with Crippen molar-refractivity contribution in [3.63, 3.8) is 0 Å². The fourth-order valence-electron chi connectivity index (χ4n) is 0.667. The van der Waals surface area contributed by atoms with E-state index in [0.29, 0.717) is 6.04 Å². The van der Waals surface area contributed by atoms with Crippen molar-refractivity contribution in [3.8, 4) is 0 Å². The summed E-state index contributed by atoms with van der Waals surface area (Å²) in [4.78, 5) is 11.3. The van der Waals surface area contributed by atoms with Crippen molar-refractivity contribution in [2.45, 2.75) is 37.8 Å². The number of alkyl halides is 1. The largest absolute Gasteiger partial charge is 0.297 e. The minimum absolute atomic E-state index is 0.0346. The molecule has 0 unspecified atom stereocenters. The summed E-state index contributed by atoms with van der Waals surface area (Å²) in [5, 5.41) is 3.16. The van der Waals surface area contributed by atoms with Gasteiger partial charge in [0.25, 0.3) is 0 Å². The van der Waals surface area contributed by atoms with E-state index in [-0.39, 0.29) is 15.7 Å². The lowest BCUT2D eigenvalue weighted by Gasteiger charge is -2.15. The molecule has 0 aliphatic carbocycles. The van der Waals surface area contributed by atoms with Crippen LogP contribution < -0.4 is 5.32 Å². The summed E-state index contributed by atoms with van der Waals surface area (Å²) in [5.74, 6) is 0.405. The molecule has 0 rings (SSSR count). The van der Waals surface area contributed by atoms with Gasteiger partial charge in [0.05, 0.1) is 0 Å². The van der Waals surface area contributed by atoms with E-state index < -0.39 is 0 Å². The quantitative estimate of drug-likeness (QED) is 0.480. The van der Waals surface area contributed by atoms with Crippen molar-refractivity contribution in [2.24, 2.45) is 5.92 Å². The second-order valence-electron chi connectivity index (χ2n) is 3.24. The highest BCUT2D eigenvalue weighted by atomic mass is 127. The molecule has 3 heteroatoms. The average molecular weight is 269 g/mol. The van der Waals surface area contributed by atoms with Crippen molar-refractivity contribution in [2.75, 3.05) is 0 Å². The summed E-state index contributed by atoms with van der Waals surface area (Å²) in [5.41, 5.74) is 0. The van der Waals surface area contributed by atoms with Gasteiger partial charge in [-0.2, -0.15) is 0 Å². The van der Waals surface area contributed by atoms with Gasteiger partial charge in [-0.25, -0.2) is 0 Å². The van der Waals surface area contributed by atoms with Gasteiger partial charge in [0.2, 0.25) is 0 Å². The van der Waals surface area contributed by atoms with E-state index in [9.17, 15) is 4.79 Å². The molecule has 11 heavy (non-hydrogen) atoms. The number of carbonyl (C=O) groups is 1. The zero-order valence-corrected chi connectivity index (χ0v) is 9.68. The number of halogens is 1. The number of Topliss-reactive ketones (excluding diaryl/α,β-unsaturated/α-hetero) is 1. The first kappa shape index (κ1) is 11.4. The smallest absolute Gasteiger partial charge is 0.162 e. The minimum atomic E-state index is -0.0346. The Morgan fingerprint density at radius 3 is 2.00 bits per heavy atom. The van der Waals surface area contributed by atoms with Gasteiger partial charge in [-0.3, -0.25) is 10.1 Å². The Labute approximate surface area is 82.3 Å². The van der Waals surface area contributed by atoms with E-state index in [4.69, 9.17) is 0 Å². The highest BCUT2D eigenvalue weighted by Gasteiger charge is 2.17. The van der Waals surface area contributed by atoms with Crippen molar-refractivity contribution in [1.82, 2.24) is 5.32 Å². The maximum Gasteiger partial charge on any atom is 0.162 e. The van der Waals surface area contributed by atoms with Gasteiger partial charge >= 0.3 is 0 Å². The predicted octanol–water partition coefficient (Wildman–Crippen LogP) is 1.97. The fraction of sp³-hybridized carbons (Fsp3) is 0.875. The maximum atomic E-state index is 11.3. The molecule has 0 spiro atoms.